The van der Waals surface area contributed by atoms with Crippen molar-refractivity contribution in [3.63, 3.8) is 0 Å². The van der Waals surface area contributed by atoms with Gasteiger partial charge in [-0.3, -0.25) is 4.57 Å². The Morgan fingerprint density at radius 1 is 1.35 bits per heavy atom. The first-order valence-corrected chi connectivity index (χ1v) is 6.88. The van der Waals surface area contributed by atoms with Gasteiger partial charge in [-0.05, 0) is 12.1 Å². The van der Waals surface area contributed by atoms with Crippen LogP contribution in [-0.4, -0.2) is 43.3 Å². The monoisotopic (exact) mass is 272 g/mol. The number of benzene rings is 1. The third-order valence-electron chi connectivity index (χ3n) is 3.55. The van der Waals surface area contributed by atoms with Gasteiger partial charge in [-0.1, -0.05) is 12.1 Å². The number of anilines is 1. The fraction of sp³-hybridized carbons (Fsp3) is 0.400. The molecule has 1 atom stereocenters. The van der Waals surface area contributed by atoms with Crippen molar-refractivity contribution in [3.05, 3.63) is 42.5 Å². The zero-order valence-electron chi connectivity index (χ0n) is 11.9. The van der Waals surface area contributed by atoms with Crippen LogP contribution in [0.4, 0.5) is 5.69 Å². The van der Waals surface area contributed by atoms with E-state index in [9.17, 15) is 0 Å². The van der Waals surface area contributed by atoms with E-state index in [1.807, 2.05) is 38.8 Å². The number of imidazole rings is 1. The second kappa shape index (κ2) is 5.64. The molecule has 3 rings (SSSR count). The van der Waals surface area contributed by atoms with Crippen molar-refractivity contribution >= 4 is 5.69 Å². The van der Waals surface area contributed by atoms with Crippen LogP contribution < -0.4 is 10.2 Å². The molecule has 1 N–H and O–H groups in total. The van der Waals surface area contributed by atoms with Crippen molar-refractivity contribution in [1.82, 2.24) is 14.9 Å². The molecule has 1 aromatic carbocycles. The molecule has 0 bridgehead atoms. The molecule has 0 radical (unpaired) electrons. The summed E-state index contributed by atoms with van der Waals surface area (Å²) in [7, 11) is 4.10. The summed E-state index contributed by atoms with van der Waals surface area (Å²) in [4.78, 5) is 6.42. The van der Waals surface area contributed by atoms with Crippen LogP contribution in [0.25, 0.3) is 5.69 Å². The van der Waals surface area contributed by atoms with Crippen LogP contribution in [0, 0.1) is 0 Å². The van der Waals surface area contributed by atoms with E-state index in [-0.39, 0.29) is 6.10 Å². The van der Waals surface area contributed by atoms with Crippen LogP contribution in [0.15, 0.2) is 36.8 Å². The molecule has 0 saturated carbocycles. The average molecular weight is 272 g/mol. The Morgan fingerprint density at radius 2 is 2.20 bits per heavy atom. The van der Waals surface area contributed by atoms with E-state index in [0.717, 1.165) is 36.8 Å². The minimum absolute atomic E-state index is 0.0569. The van der Waals surface area contributed by atoms with Gasteiger partial charge in [0.1, 0.15) is 6.10 Å². The SMILES string of the molecule is CN(C)c1ccccc1-n1cncc1C1CNCCO1. The molecule has 2 aromatic rings. The zero-order chi connectivity index (χ0) is 13.9. The number of aromatic nitrogens is 2. The minimum Gasteiger partial charge on any atom is -0.376 e. The summed E-state index contributed by atoms with van der Waals surface area (Å²) in [6, 6.07) is 8.32. The smallest absolute Gasteiger partial charge is 0.112 e. The molecule has 0 amide bonds. The van der Waals surface area contributed by atoms with Crippen LogP contribution in [0.5, 0.6) is 0 Å². The Hall–Kier alpha value is -1.85. The summed E-state index contributed by atoms with van der Waals surface area (Å²) in [5, 5.41) is 3.36. The highest BCUT2D eigenvalue weighted by Gasteiger charge is 2.21. The lowest BCUT2D eigenvalue weighted by Gasteiger charge is -2.26. The molecule has 1 aliphatic rings. The molecule has 1 unspecified atom stereocenters. The number of nitrogens with zero attached hydrogens (tertiary/aromatic N) is 3. The first kappa shape index (κ1) is 13.1. The standard InChI is InChI=1S/C15H20N4O/c1-18(2)12-5-3-4-6-13(12)19-11-17-9-14(19)15-10-16-7-8-20-15/h3-6,9,11,15-16H,7-8,10H2,1-2H3. The molecule has 5 heteroatoms. The van der Waals surface area contributed by atoms with Gasteiger partial charge in [-0.15, -0.1) is 0 Å². The van der Waals surface area contributed by atoms with Gasteiger partial charge in [-0.25, -0.2) is 4.98 Å². The van der Waals surface area contributed by atoms with E-state index in [0.29, 0.717) is 0 Å². The van der Waals surface area contributed by atoms with E-state index in [1.54, 1.807) is 0 Å². The van der Waals surface area contributed by atoms with Crippen LogP contribution in [0.2, 0.25) is 0 Å². The fourth-order valence-corrected chi connectivity index (χ4v) is 2.55. The van der Waals surface area contributed by atoms with Crippen LogP contribution in [0.1, 0.15) is 11.8 Å². The number of nitrogens with one attached hydrogen (secondary N) is 1. The molecular formula is C15H20N4O. The molecule has 1 aromatic heterocycles. The van der Waals surface area contributed by atoms with E-state index in [1.165, 1.54) is 0 Å². The third-order valence-corrected chi connectivity index (χ3v) is 3.55. The Morgan fingerprint density at radius 3 is 2.95 bits per heavy atom. The normalized spacial score (nSPS) is 19.0. The maximum absolute atomic E-state index is 5.85. The molecule has 20 heavy (non-hydrogen) atoms. The lowest BCUT2D eigenvalue weighted by atomic mass is 10.2. The average Bonchev–Trinajstić information content (AvgIpc) is 2.97. The predicted molar refractivity (Wildman–Crippen MR) is 79.5 cm³/mol. The largest absolute Gasteiger partial charge is 0.376 e. The highest BCUT2D eigenvalue weighted by atomic mass is 16.5. The van der Waals surface area contributed by atoms with Gasteiger partial charge in [0.2, 0.25) is 0 Å². The van der Waals surface area contributed by atoms with Crippen LogP contribution >= 0.6 is 0 Å². The van der Waals surface area contributed by atoms with E-state index in [2.05, 4.69) is 31.9 Å². The van der Waals surface area contributed by atoms with Gasteiger partial charge >= 0.3 is 0 Å². The number of hydrogen-bond acceptors (Lipinski definition) is 4. The Labute approximate surface area is 119 Å². The quantitative estimate of drug-likeness (QED) is 0.921. The molecule has 5 nitrogen and oxygen atoms in total. The van der Waals surface area contributed by atoms with Gasteiger partial charge < -0.3 is 15.0 Å². The Kier molecular flexibility index (Phi) is 3.71. The first-order chi connectivity index (χ1) is 9.77. The predicted octanol–water partition coefficient (Wildman–Crippen LogP) is 1.60. The van der Waals surface area contributed by atoms with Crippen molar-refractivity contribution in [2.75, 3.05) is 38.7 Å². The summed E-state index contributed by atoms with van der Waals surface area (Å²) < 4.78 is 7.97. The van der Waals surface area contributed by atoms with Gasteiger partial charge in [-0.2, -0.15) is 0 Å². The number of ether oxygens (including phenoxy) is 1. The number of rotatable bonds is 3. The highest BCUT2D eigenvalue weighted by Crippen LogP contribution is 2.27. The van der Waals surface area contributed by atoms with Crippen molar-refractivity contribution in [1.29, 1.82) is 0 Å². The van der Waals surface area contributed by atoms with Crippen LogP contribution in [0.3, 0.4) is 0 Å². The lowest BCUT2D eigenvalue weighted by molar-refractivity contribution is 0.0240. The maximum Gasteiger partial charge on any atom is 0.112 e. The Balaban J connectivity index is 2.01. The Bertz CT molecular complexity index is 573. The van der Waals surface area contributed by atoms with E-state index >= 15 is 0 Å². The van der Waals surface area contributed by atoms with Crippen molar-refractivity contribution in [2.45, 2.75) is 6.10 Å². The molecule has 2 heterocycles. The highest BCUT2D eigenvalue weighted by molar-refractivity contribution is 5.62. The number of para-hydroxylation sites is 2. The summed E-state index contributed by atoms with van der Waals surface area (Å²) in [6.07, 6.45) is 3.81. The van der Waals surface area contributed by atoms with Crippen LogP contribution in [-0.2, 0) is 4.74 Å². The molecular weight excluding hydrogens is 252 g/mol. The molecule has 0 aliphatic carbocycles. The first-order valence-electron chi connectivity index (χ1n) is 6.88. The fourth-order valence-electron chi connectivity index (χ4n) is 2.55. The topological polar surface area (TPSA) is 42.3 Å². The van der Waals surface area contributed by atoms with E-state index < -0.39 is 0 Å². The van der Waals surface area contributed by atoms with Gasteiger partial charge in [0.25, 0.3) is 0 Å². The zero-order valence-corrected chi connectivity index (χ0v) is 11.9. The number of morpholine rings is 1. The second-order valence-corrected chi connectivity index (χ2v) is 5.14. The van der Waals surface area contributed by atoms with E-state index in [4.69, 9.17) is 4.74 Å². The van der Waals surface area contributed by atoms with Crippen molar-refractivity contribution in [3.8, 4) is 5.69 Å². The van der Waals surface area contributed by atoms with Crippen molar-refractivity contribution in [2.24, 2.45) is 0 Å². The summed E-state index contributed by atoms with van der Waals surface area (Å²) in [5.74, 6) is 0. The molecule has 1 aliphatic heterocycles. The van der Waals surface area contributed by atoms with Gasteiger partial charge in [0.15, 0.2) is 0 Å². The molecule has 0 spiro atoms. The maximum atomic E-state index is 5.85. The summed E-state index contributed by atoms with van der Waals surface area (Å²) >= 11 is 0. The summed E-state index contributed by atoms with van der Waals surface area (Å²) in [6.45, 7) is 2.49. The molecule has 106 valence electrons. The molecule has 1 fully saturated rings. The third kappa shape index (κ3) is 2.42. The molecule has 1 saturated heterocycles. The second-order valence-electron chi connectivity index (χ2n) is 5.14. The van der Waals surface area contributed by atoms with Gasteiger partial charge in [0, 0.05) is 27.2 Å². The minimum atomic E-state index is 0.0569. The van der Waals surface area contributed by atoms with Gasteiger partial charge in [0.05, 0.1) is 36.2 Å². The lowest BCUT2D eigenvalue weighted by Crippen LogP contribution is -2.34. The summed E-state index contributed by atoms with van der Waals surface area (Å²) in [5.41, 5.74) is 3.38. The van der Waals surface area contributed by atoms with Crippen molar-refractivity contribution < 1.29 is 4.74 Å². The number of hydrogen-bond donors (Lipinski definition) is 1.